The van der Waals surface area contributed by atoms with Crippen molar-refractivity contribution in [2.45, 2.75) is 25.4 Å². The molecular formula is C18H28N2OS2. The Labute approximate surface area is 149 Å². The SMILES string of the molecule is COc1cccc(N2CCN(C3CSCCSC3)CC2(C)C)c1. The molecule has 0 saturated carbocycles. The van der Waals surface area contributed by atoms with Crippen molar-refractivity contribution in [3.63, 3.8) is 0 Å². The van der Waals surface area contributed by atoms with Crippen molar-refractivity contribution in [2.24, 2.45) is 0 Å². The highest BCUT2D eigenvalue weighted by Crippen LogP contribution is 2.32. The normalized spacial score (nSPS) is 23.5. The molecule has 0 bridgehead atoms. The molecule has 3 nitrogen and oxygen atoms in total. The fourth-order valence-corrected chi connectivity index (χ4v) is 6.20. The smallest absolute Gasteiger partial charge is 0.120 e. The van der Waals surface area contributed by atoms with Gasteiger partial charge in [0.05, 0.1) is 7.11 Å². The number of ether oxygens (including phenoxy) is 1. The summed E-state index contributed by atoms with van der Waals surface area (Å²) < 4.78 is 5.40. The van der Waals surface area contributed by atoms with Crippen molar-refractivity contribution in [2.75, 3.05) is 54.7 Å². The Kier molecular flexibility index (Phi) is 5.70. The molecule has 23 heavy (non-hydrogen) atoms. The molecule has 128 valence electrons. The summed E-state index contributed by atoms with van der Waals surface area (Å²) in [6.07, 6.45) is 0. The molecule has 2 aliphatic rings. The lowest BCUT2D eigenvalue weighted by Crippen LogP contribution is -2.62. The second-order valence-corrected chi connectivity index (χ2v) is 9.24. The maximum atomic E-state index is 5.40. The Morgan fingerprint density at radius 2 is 1.87 bits per heavy atom. The minimum atomic E-state index is 0.145. The van der Waals surface area contributed by atoms with Crippen molar-refractivity contribution in [1.82, 2.24) is 4.90 Å². The molecule has 1 aromatic rings. The highest BCUT2D eigenvalue weighted by molar-refractivity contribution is 8.03. The molecule has 0 N–H and O–H groups in total. The van der Waals surface area contributed by atoms with Crippen molar-refractivity contribution in [3.8, 4) is 5.75 Å². The van der Waals surface area contributed by atoms with Crippen LogP contribution in [-0.2, 0) is 0 Å². The summed E-state index contributed by atoms with van der Waals surface area (Å²) in [5.41, 5.74) is 1.42. The number of nitrogens with zero attached hydrogens (tertiary/aromatic N) is 2. The average Bonchev–Trinajstić information content (AvgIpc) is 2.83. The lowest BCUT2D eigenvalue weighted by Gasteiger charge is -2.50. The van der Waals surface area contributed by atoms with Crippen LogP contribution in [0.15, 0.2) is 24.3 Å². The molecule has 2 fully saturated rings. The van der Waals surface area contributed by atoms with Crippen molar-refractivity contribution < 1.29 is 4.74 Å². The first-order valence-corrected chi connectivity index (χ1v) is 10.7. The van der Waals surface area contributed by atoms with E-state index in [4.69, 9.17) is 4.74 Å². The minimum Gasteiger partial charge on any atom is -0.497 e. The van der Waals surface area contributed by atoms with E-state index in [0.717, 1.165) is 31.4 Å². The van der Waals surface area contributed by atoms with E-state index in [0.29, 0.717) is 0 Å². The molecular weight excluding hydrogens is 324 g/mol. The molecule has 3 rings (SSSR count). The molecule has 0 atom stereocenters. The summed E-state index contributed by atoms with van der Waals surface area (Å²) in [6.45, 7) is 8.12. The zero-order valence-electron chi connectivity index (χ0n) is 14.5. The fourth-order valence-electron chi connectivity index (χ4n) is 3.58. The first-order valence-electron chi connectivity index (χ1n) is 8.41. The van der Waals surface area contributed by atoms with Crippen LogP contribution < -0.4 is 9.64 Å². The second-order valence-electron chi connectivity index (χ2n) is 6.94. The molecule has 0 spiro atoms. The Morgan fingerprint density at radius 1 is 1.13 bits per heavy atom. The van der Waals surface area contributed by atoms with Crippen molar-refractivity contribution >= 4 is 29.2 Å². The van der Waals surface area contributed by atoms with Crippen LogP contribution in [0, 0.1) is 0 Å². The van der Waals surface area contributed by atoms with Crippen LogP contribution in [0.1, 0.15) is 13.8 Å². The van der Waals surface area contributed by atoms with Crippen LogP contribution in [0.2, 0.25) is 0 Å². The summed E-state index contributed by atoms with van der Waals surface area (Å²) >= 11 is 4.25. The van der Waals surface area contributed by atoms with Crippen molar-refractivity contribution in [1.29, 1.82) is 0 Å². The zero-order valence-corrected chi connectivity index (χ0v) is 16.1. The van der Waals surface area contributed by atoms with Crippen LogP contribution in [0.3, 0.4) is 0 Å². The van der Waals surface area contributed by atoms with Gasteiger partial charge in [-0.3, -0.25) is 4.90 Å². The predicted molar refractivity (Wildman–Crippen MR) is 104 cm³/mol. The minimum absolute atomic E-state index is 0.145. The number of thioether (sulfide) groups is 2. The largest absolute Gasteiger partial charge is 0.497 e. The zero-order chi connectivity index (χ0) is 16.3. The molecule has 0 aliphatic carbocycles. The van der Waals surface area contributed by atoms with E-state index in [1.165, 1.54) is 28.7 Å². The van der Waals surface area contributed by atoms with Gasteiger partial charge in [-0.1, -0.05) is 6.07 Å². The van der Waals surface area contributed by atoms with Crippen LogP contribution in [0.25, 0.3) is 0 Å². The Balaban J connectivity index is 1.71. The Hall–Kier alpha value is -0.520. The molecule has 0 aromatic heterocycles. The first kappa shape index (κ1) is 17.3. The van der Waals surface area contributed by atoms with Gasteiger partial charge in [-0.05, 0) is 26.0 Å². The van der Waals surface area contributed by atoms with Gasteiger partial charge < -0.3 is 9.64 Å². The highest BCUT2D eigenvalue weighted by Gasteiger charge is 2.36. The highest BCUT2D eigenvalue weighted by atomic mass is 32.2. The van der Waals surface area contributed by atoms with Crippen LogP contribution in [0.4, 0.5) is 5.69 Å². The molecule has 1 aromatic carbocycles. The Morgan fingerprint density at radius 3 is 2.52 bits per heavy atom. The summed E-state index contributed by atoms with van der Waals surface area (Å²) in [4.78, 5) is 5.27. The lowest BCUT2D eigenvalue weighted by molar-refractivity contribution is 0.152. The van der Waals surface area contributed by atoms with E-state index in [1.54, 1.807) is 7.11 Å². The average molecular weight is 353 g/mol. The molecule has 2 saturated heterocycles. The first-order chi connectivity index (χ1) is 11.1. The van der Waals surface area contributed by atoms with E-state index < -0.39 is 0 Å². The third kappa shape index (κ3) is 4.12. The topological polar surface area (TPSA) is 15.7 Å². The Bertz CT molecular complexity index is 515. The van der Waals surface area contributed by atoms with Crippen LogP contribution >= 0.6 is 23.5 Å². The predicted octanol–water partition coefficient (Wildman–Crippen LogP) is 3.44. The molecule has 2 aliphatic heterocycles. The number of hydrogen-bond acceptors (Lipinski definition) is 5. The van der Waals surface area contributed by atoms with Gasteiger partial charge >= 0.3 is 0 Å². The van der Waals surface area contributed by atoms with Crippen LogP contribution in [-0.4, -0.2) is 66.2 Å². The number of hydrogen-bond donors (Lipinski definition) is 0. The monoisotopic (exact) mass is 352 g/mol. The number of methoxy groups -OCH3 is 1. The summed E-state index contributed by atoms with van der Waals surface area (Å²) in [5.74, 6) is 6.16. The summed E-state index contributed by atoms with van der Waals surface area (Å²) in [5, 5.41) is 0. The second kappa shape index (κ2) is 7.58. The maximum Gasteiger partial charge on any atom is 0.120 e. The van der Waals surface area contributed by atoms with Crippen LogP contribution in [0.5, 0.6) is 5.75 Å². The molecule has 0 amide bonds. The number of piperazine rings is 1. The van der Waals surface area contributed by atoms with E-state index in [2.05, 4.69) is 65.4 Å². The van der Waals surface area contributed by atoms with Gasteiger partial charge in [0.25, 0.3) is 0 Å². The van der Waals surface area contributed by atoms with E-state index in [1.807, 2.05) is 6.07 Å². The van der Waals surface area contributed by atoms with E-state index in [9.17, 15) is 0 Å². The van der Waals surface area contributed by atoms with Gasteiger partial charge in [0.15, 0.2) is 0 Å². The maximum absolute atomic E-state index is 5.40. The van der Waals surface area contributed by atoms with Crippen molar-refractivity contribution in [3.05, 3.63) is 24.3 Å². The van der Waals surface area contributed by atoms with E-state index >= 15 is 0 Å². The lowest BCUT2D eigenvalue weighted by atomic mass is 9.96. The van der Waals surface area contributed by atoms with Gasteiger partial charge in [-0.15, -0.1) is 0 Å². The van der Waals surface area contributed by atoms with Gasteiger partial charge in [0.2, 0.25) is 0 Å². The number of benzene rings is 1. The number of rotatable bonds is 3. The van der Waals surface area contributed by atoms with E-state index in [-0.39, 0.29) is 5.54 Å². The third-order valence-electron chi connectivity index (χ3n) is 4.81. The summed E-state index contributed by atoms with van der Waals surface area (Å²) in [7, 11) is 1.74. The quantitative estimate of drug-likeness (QED) is 0.825. The number of anilines is 1. The fraction of sp³-hybridized carbons (Fsp3) is 0.667. The molecule has 2 heterocycles. The van der Waals surface area contributed by atoms with Gasteiger partial charge in [0.1, 0.15) is 5.75 Å². The van der Waals surface area contributed by atoms with Gasteiger partial charge in [-0.2, -0.15) is 23.5 Å². The standard InChI is InChI=1S/C18H28N2OS2/c1-18(2)14-19(16-12-22-9-10-23-13-16)7-8-20(18)15-5-4-6-17(11-15)21-3/h4-6,11,16H,7-10,12-14H2,1-3H3. The molecule has 0 unspecified atom stereocenters. The third-order valence-corrected chi connectivity index (χ3v) is 7.29. The van der Waals surface area contributed by atoms with Gasteiger partial charge in [0, 0.05) is 66.0 Å². The van der Waals surface area contributed by atoms with Gasteiger partial charge in [-0.25, -0.2) is 0 Å². The molecule has 5 heteroatoms. The molecule has 0 radical (unpaired) electrons. The summed E-state index contributed by atoms with van der Waals surface area (Å²) in [6, 6.07) is 9.22.